The van der Waals surface area contributed by atoms with Crippen molar-refractivity contribution in [1.29, 1.82) is 0 Å². The van der Waals surface area contributed by atoms with Crippen LogP contribution in [0.15, 0.2) is 30.3 Å². The van der Waals surface area contributed by atoms with Gasteiger partial charge in [-0.25, -0.2) is 0 Å². The van der Waals surface area contributed by atoms with Crippen LogP contribution < -0.4 is 0 Å². The second-order valence-corrected chi connectivity index (χ2v) is 2.67. The fourth-order valence-corrected chi connectivity index (χ4v) is 1.27. The Balaban J connectivity index is 2.83. The van der Waals surface area contributed by atoms with Gasteiger partial charge < -0.3 is 0 Å². The molecule has 0 nitrogen and oxygen atoms in total. The monoisotopic (exact) mass is 211 g/mol. The molecule has 0 bridgehead atoms. The Hall–Kier alpha value is 0.0187. The quantitative estimate of drug-likeness (QED) is 0.613. The molecule has 0 spiro atoms. The molecule has 0 unspecified atom stereocenters. The van der Waals surface area contributed by atoms with Crippen molar-refractivity contribution in [3.8, 4) is 0 Å². The molecule has 1 aromatic rings. The Morgan fingerprint density at radius 2 is 1.75 bits per heavy atom. The molecule has 0 aromatic heterocycles. The zero-order valence-electron chi connectivity index (χ0n) is 4.59. The maximum absolute atomic E-state index is 2.16. The Kier molecular flexibility index (Phi) is 2.40. The molecular weight excluding hydrogens is 203 g/mol. The van der Waals surface area contributed by atoms with Crippen LogP contribution in [0.4, 0.5) is 0 Å². The molecule has 0 saturated heterocycles. The van der Waals surface area contributed by atoms with Crippen molar-refractivity contribution in [3.05, 3.63) is 35.9 Å². The minimum absolute atomic E-state index is 1.23. The molecule has 0 fully saturated rings. The van der Waals surface area contributed by atoms with Gasteiger partial charge in [-0.05, 0) is 0 Å². The fourth-order valence-electron chi connectivity index (χ4n) is 0.596. The summed E-state index contributed by atoms with van der Waals surface area (Å²) in [6.07, 6.45) is 0. The summed E-state index contributed by atoms with van der Waals surface area (Å²) in [4.78, 5) is 0. The SMILES string of the molecule is [Sn+][CH2]c1ccccc1. The topological polar surface area (TPSA) is 0 Å². The van der Waals surface area contributed by atoms with E-state index in [1.807, 2.05) is 0 Å². The first-order chi connectivity index (χ1) is 3.93. The van der Waals surface area contributed by atoms with Crippen molar-refractivity contribution in [2.75, 3.05) is 0 Å². The molecule has 1 rings (SSSR count). The molecule has 0 saturated carbocycles. The van der Waals surface area contributed by atoms with Crippen LogP contribution in [0.5, 0.6) is 0 Å². The van der Waals surface area contributed by atoms with Crippen LogP contribution in [0.1, 0.15) is 5.56 Å². The number of rotatable bonds is 1. The van der Waals surface area contributed by atoms with E-state index in [0.29, 0.717) is 0 Å². The molecule has 2 radical (unpaired) electrons. The van der Waals surface area contributed by atoms with E-state index in [0.717, 1.165) is 0 Å². The predicted molar refractivity (Wildman–Crippen MR) is 35.9 cm³/mol. The summed E-state index contributed by atoms with van der Waals surface area (Å²) in [6, 6.07) is 10.5. The Bertz CT molecular complexity index is 146. The third kappa shape index (κ3) is 1.51. The average molecular weight is 210 g/mol. The maximum atomic E-state index is 2.16. The van der Waals surface area contributed by atoms with Gasteiger partial charge in [0.05, 0.1) is 0 Å². The normalized spacial score (nSPS) is 9.00. The van der Waals surface area contributed by atoms with Gasteiger partial charge in [0.2, 0.25) is 0 Å². The van der Waals surface area contributed by atoms with Gasteiger partial charge in [0.1, 0.15) is 0 Å². The van der Waals surface area contributed by atoms with Crippen molar-refractivity contribution in [2.45, 2.75) is 4.44 Å². The molecule has 0 aliphatic carbocycles. The van der Waals surface area contributed by atoms with E-state index >= 15 is 0 Å². The third-order valence-corrected chi connectivity index (χ3v) is 2.21. The van der Waals surface area contributed by atoms with Gasteiger partial charge in [-0.2, -0.15) is 0 Å². The Morgan fingerprint density at radius 1 is 1.12 bits per heavy atom. The standard InChI is InChI=1S/C7H7.Sn/c1-7-5-3-2-4-6-7;/h2-6H,1H2;/q;+1. The van der Waals surface area contributed by atoms with Gasteiger partial charge in [-0.1, -0.05) is 0 Å². The first-order valence-corrected chi connectivity index (χ1v) is 4.64. The molecule has 0 aliphatic heterocycles. The van der Waals surface area contributed by atoms with Crippen molar-refractivity contribution >= 4 is 22.5 Å². The first-order valence-electron chi connectivity index (χ1n) is 2.62. The third-order valence-electron chi connectivity index (χ3n) is 1.05. The summed E-state index contributed by atoms with van der Waals surface area (Å²) in [5.41, 5.74) is 1.45. The summed E-state index contributed by atoms with van der Waals surface area (Å²) in [7, 11) is 0. The first kappa shape index (κ1) is 6.14. The van der Waals surface area contributed by atoms with Crippen LogP contribution in [0, 0.1) is 0 Å². The van der Waals surface area contributed by atoms with Crippen LogP contribution in [-0.2, 0) is 4.44 Å². The van der Waals surface area contributed by atoms with Crippen molar-refractivity contribution < 1.29 is 0 Å². The van der Waals surface area contributed by atoms with Crippen LogP contribution in [0.25, 0.3) is 0 Å². The van der Waals surface area contributed by atoms with Crippen LogP contribution in [0.2, 0.25) is 0 Å². The second kappa shape index (κ2) is 3.13. The molecule has 0 heterocycles. The Labute approximate surface area is 63.0 Å². The van der Waals surface area contributed by atoms with Gasteiger partial charge in [0.15, 0.2) is 0 Å². The van der Waals surface area contributed by atoms with Crippen LogP contribution in [0.3, 0.4) is 0 Å². The molecular formula is C7H7Sn+. The van der Waals surface area contributed by atoms with Gasteiger partial charge in [-0.3, -0.25) is 0 Å². The molecule has 0 N–H and O–H groups in total. The van der Waals surface area contributed by atoms with Gasteiger partial charge in [0, 0.05) is 0 Å². The zero-order chi connectivity index (χ0) is 5.82. The molecule has 0 atom stereocenters. The zero-order valence-corrected chi connectivity index (χ0v) is 7.45. The number of hydrogen-bond donors (Lipinski definition) is 0. The van der Waals surface area contributed by atoms with E-state index in [1.165, 1.54) is 10.0 Å². The average Bonchev–Trinajstić information content (AvgIpc) is 1.90. The number of benzene rings is 1. The fraction of sp³-hybridized carbons (Fsp3) is 0.143. The van der Waals surface area contributed by atoms with E-state index in [2.05, 4.69) is 30.3 Å². The summed E-state index contributed by atoms with van der Waals surface area (Å²) >= 11 is 1.59. The van der Waals surface area contributed by atoms with E-state index in [9.17, 15) is 0 Å². The minimum atomic E-state index is 1.23. The summed E-state index contributed by atoms with van der Waals surface area (Å²) in [5.74, 6) is 0. The number of hydrogen-bond acceptors (Lipinski definition) is 0. The molecule has 38 valence electrons. The van der Waals surface area contributed by atoms with Crippen LogP contribution in [-0.4, -0.2) is 22.5 Å². The molecule has 1 heteroatoms. The summed E-state index contributed by atoms with van der Waals surface area (Å²) in [5, 5.41) is 0. The van der Waals surface area contributed by atoms with E-state index in [4.69, 9.17) is 0 Å². The molecule has 8 heavy (non-hydrogen) atoms. The van der Waals surface area contributed by atoms with Gasteiger partial charge >= 0.3 is 62.9 Å². The van der Waals surface area contributed by atoms with Crippen LogP contribution >= 0.6 is 0 Å². The van der Waals surface area contributed by atoms with E-state index in [1.54, 1.807) is 22.5 Å². The Morgan fingerprint density at radius 3 is 2.12 bits per heavy atom. The van der Waals surface area contributed by atoms with Crippen molar-refractivity contribution in [3.63, 3.8) is 0 Å². The predicted octanol–water partition coefficient (Wildman–Crippen LogP) is 1.36. The second-order valence-electron chi connectivity index (χ2n) is 1.66. The summed E-state index contributed by atoms with van der Waals surface area (Å²) < 4.78 is 1.23. The van der Waals surface area contributed by atoms with E-state index < -0.39 is 0 Å². The van der Waals surface area contributed by atoms with Gasteiger partial charge in [0.25, 0.3) is 0 Å². The molecule has 1 aromatic carbocycles. The summed E-state index contributed by atoms with van der Waals surface area (Å²) in [6.45, 7) is 0. The van der Waals surface area contributed by atoms with Gasteiger partial charge in [-0.15, -0.1) is 0 Å². The van der Waals surface area contributed by atoms with E-state index in [-0.39, 0.29) is 0 Å². The molecule has 0 amide bonds. The molecule has 0 aliphatic rings. The van der Waals surface area contributed by atoms with Crippen molar-refractivity contribution in [1.82, 2.24) is 0 Å². The van der Waals surface area contributed by atoms with Crippen molar-refractivity contribution in [2.24, 2.45) is 0 Å².